The number of benzene rings is 2. The van der Waals surface area contributed by atoms with E-state index in [-0.39, 0.29) is 12.5 Å². The molecule has 0 atom stereocenters. The zero-order valence-electron chi connectivity index (χ0n) is 11.6. The van der Waals surface area contributed by atoms with E-state index in [0.717, 1.165) is 12.1 Å². The van der Waals surface area contributed by atoms with E-state index < -0.39 is 0 Å². The number of rotatable bonds is 4. The van der Waals surface area contributed by atoms with Crippen molar-refractivity contribution in [3.63, 3.8) is 0 Å². The van der Waals surface area contributed by atoms with E-state index in [9.17, 15) is 4.79 Å². The zero-order chi connectivity index (χ0) is 14.7. The molecular weight excluding hydrogens is 260 g/mol. The molecular formula is C18H16N2O. The summed E-state index contributed by atoms with van der Waals surface area (Å²) in [4.78, 5) is 11.8. The Kier molecular flexibility index (Phi) is 3.72. The van der Waals surface area contributed by atoms with Gasteiger partial charge in [-0.25, -0.2) is 0 Å². The van der Waals surface area contributed by atoms with Crippen LogP contribution in [0.1, 0.15) is 11.1 Å². The first-order chi connectivity index (χ1) is 10.3. The van der Waals surface area contributed by atoms with Gasteiger partial charge in [-0.05, 0) is 40.8 Å². The van der Waals surface area contributed by atoms with Crippen LogP contribution in [0.3, 0.4) is 0 Å². The molecule has 0 unspecified atom stereocenters. The molecule has 3 heteroatoms. The van der Waals surface area contributed by atoms with Crippen molar-refractivity contribution < 1.29 is 4.79 Å². The van der Waals surface area contributed by atoms with Gasteiger partial charge in [-0.1, -0.05) is 36.3 Å². The Bertz CT molecular complexity index is 728. The fourth-order valence-corrected chi connectivity index (χ4v) is 2.68. The molecule has 0 aromatic heterocycles. The molecule has 21 heavy (non-hydrogen) atoms. The van der Waals surface area contributed by atoms with E-state index >= 15 is 0 Å². The Morgan fingerprint density at radius 2 is 1.95 bits per heavy atom. The van der Waals surface area contributed by atoms with Crippen molar-refractivity contribution in [2.75, 3.05) is 18.4 Å². The molecule has 0 fully saturated rings. The van der Waals surface area contributed by atoms with Crippen LogP contribution in [0, 0.1) is 12.3 Å². The maximum absolute atomic E-state index is 11.8. The number of fused-ring (bicyclic) bond motifs is 3. The summed E-state index contributed by atoms with van der Waals surface area (Å²) in [5, 5.41) is 5.76. The molecule has 0 saturated heterocycles. The van der Waals surface area contributed by atoms with Crippen LogP contribution < -0.4 is 10.6 Å². The minimum absolute atomic E-state index is 0.0827. The number of carbonyl (C=O) groups excluding carboxylic acids is 1. The third-order valence-corrected chi connectivity index (χ3v) is 3.59. The number of terminal acetylenes is 1. The van der Waals surface area contributed by atoms with Gasteiger partial charge in [-0.2, -0.15) is 0 Å². The van der Waals surface area contributed by atoms with Gasteiger partial charge in [0.1, 0.15) is 0 Å². The first-order valence-corrected chi connectivity index (χ1v) is 6.93. The molecule has 3 rings (SSSR count). The summed E-state index contributed by atoms with van der Waals surface area (Å²) in [6.45, 7) is 0.619. The SMILES string of the molecule is C#CCNCC(=O)Nc1ccc2c(c1)Cc1ccccc1-2. The molecule has 0 heterocycles. The lowest BCUT2D eigenvalue weighted by Crippen LogP contribution is -2.28. The lowest BCUT2D eigenvalue weighted by molar-refractivity contribution is -0.115. The molecule has 1 amide bonds. The maximum atomic E-state index is 11.8. The number of nitrogens with one attached hydrogen (secondary N) is 2. The number of anilines is 1. The van der Waals surface area contributed by atoms with Crippen molar-refractivity contribution in [3.8, 4) is 23.5 Å². The van der Waals surface area contributed by atoms with Gasteiger partial charge in [0.15, 0.2) is 0 Å². The van der Waals surface area contributed by atoms with Crippen molar-refractivity contribution in [1.82, 2.24) is 5.32 Å². The highest BCUT2D eigenvalue weighted by atomic mass is 16.1. The maximum Gasteiger partial charge on any atom is 0.238 e. The average Bonchev–Trinajstić information content (AvgIpc) is 2.85. The van der Waals surface area contributed by atoms with E-state index in [1.807, 2.05) is 6.07 Å². The molecule has 3 nitrogen and oxygen atoms in total. The van der Waals surface area contributed by atoms with E-state index in [1.54, 1.807) is 0 Å². The molecule has 104 valence electrons. The number of amides is 1. The van der Waals surface area contributed by atoms with E-state index in [0.29, 0.717) is 6.54 Å². The van der Waals surface area contributed by atoms with Crippen LogP contribution in [0.25, 0.3) is 11.1 Å². The lowest BCUT2D eigenvalue weighted by Gasteiger charge is -2.08. The Balaban J connectivity index is 1.72. The lowest BCUT2D eigenvalue weighted by atomic mass is 10.1. The fraction of sp³-hybridized carbons (Fsp3) is 0.167. The summed E-state index contributed by atoms with van der Waals surface area (Å²) in [7, 11) is 0. The third kappa shape index (κ3) is 2.81. The summed E-state index contributed by atoms with van der Waals surface area (Å²) in [6.07, 6.45) is 6.05. The van der Waals surface area contributed by atoms with E-state index in [4.69, 9.17) is 6.42 Å². The van der Waals surface area contributed by atoms with Gasteiger partial charge in [-0.15, -0.1) is 6.42 Å². The fourth-order valence-electron chi connectivity index (χ4n) is 2.68. The number of hydrogen-bond acceptors (Lipinski definition) is 2. The van der Waals surface area contributed by atoms with E-state index in [2.05, 4.69) is 53.0 Å². The topological polar surface area (TPSA) is 41.1 Å². The molecule has 0 aliphatic heterocycles. The minimum Gasteiger partial charge on any atom is -0.325 e. The van der Waals surface area contributed by atoms with Crippen LogP contribution in [0.2, 0.25) is 0 Å². The van der Waals surface area contributed by atoms with Gasteiger partial charge >= 0.3 is 0 Å². The second-order valence-corrected chi connectivity index (χ2v) is 5.06. The Morgan fingerprint density at radius 3 is 2.81 bits per heavy atom. The highest BCUT2D eigenvalue weighted by Gasteiger charge is 2.18. The third-order valence-electron chi connectivity index (χ3n) is 3.59. The summed E-state index contributed by atoms with van der Waals surface area (Å²) < 4.78 is 0. The Labute approximate surface area is 124 Å². The van der Waals surface area contributed by atoms with Gasteiger partial charge in [0.2, 0.25) is 5.91 Å². The second kappa shape index (κ2) is 5.82. The van der Waals surface area contributed by atoms with Crippen molar-refractivity contribution >= 4 is 11.6 Å². The van der Waals surface area contributed by atoms with Gasteiger partial charge in [0.25, 0.3) is 0 Å². The van der Waals surface area contributed by atoms with Gasteiger partial charge in [0.05, 0.1) is 13.1 Å². The molecule has 0 spiro atoms. The Morgan fingerprint density at radius 1 is 1.14 bits per heavy atom. The molecule has 2 aromatic rings. The smallest absolute Gasteiger partial charge is 0.238 e. The van der Waals surface area contributed by atoms with Crippen LogP contribution >= 0.6 is 0 Å². The minimum atomic E-state index is -0.0827. The average molecular weight is 276 g/mol. The molecule has 0 bridgehead atoms. The molecule has 2 N–H and O–H groups in total. The highest BCUT2D eigenvalue weighted by Crippen LogP contribution is 2.37. The van der Waals surface area contributed by atoms with Crippen molar-refractivity contribution in [1.29, 1.82) is 0 Å². The van der Waals surface area contributed by atoms with Crippen LogP contribution in [0.15, 0.2) is 42.5 Å². The summed E-state index contributed by atoms with van der Waals surface area (Å²) >= 11 is 0. The van der Waals surface area contributed by atoms with Gasteiger partial charge in [-0.3, -0.25) is 10.1 Å². The Hall–Kier alpha value is -2.57. The molecule has 1 aliphatic carbocycles. The normalized spacial score (nSPS) is 11.4. The van der Waals surface area contributed by atoms with E-state index in [1.165, 1.54) is 22.3 Å². The summed E-state index contributed by atoms with van der Waals surface area (Å²) in [5.41, 5.74) is 5.97. The highest BCUT2D eigenvalue weighted by molar-refractivity contribution is 5.93. The monoisotopic (exact) mass is 276 g/mol. The summed E-state index contributed by atoms with van der Waals surface area (Å²) in [5.74, 6) is 2.36. The largest absolute Gasteiger partial charge is 0.325 e. The van der Waals surface area contributed by atoms with Crippen molar-refractivity contribution in [3.05, 3.63) is 53.6 Å². The molecule has 0 radical (unpaired) electrons. The van der Waals surface area contributed by atoms with Gasteiger partial charge in [0, 0.05) is 5.69 Å². The standard InChI is InChI=1S/C18H16N2O/c1-2-9-19-12-18(21)20-15-7-8-17-14(11-15)10-13-5-3-4-6-16(13)17/h1,3-8,11,19H,9-10,12H2,(H,20,21). The first-order valence-electron chi connectivity index (χ1n) is 6.93. The number of carbonyl (C=O) groups is 1. The first kappa shape index (κ1) is 13.4. The molecule has 1 aliphatic rings. The predicted octanol–water partition coefficient (Wildman–Crippen LogP) is 2.42. The zero-order valence-corrected chi connectivity index (χ0v) is 11.6. The van der Waals surface area contributed by atoms with Crippen molar-refractivity contribution in [2.24, 2.45) is 0 Å². The van der Waals surface area contributed by atoms with Gasteiger partial charge < -0.3 is 5.32 Å². The van der Waals surface area contributed by atoms with Crippen LogP contribution in [-0.4, -0.2) is 19.0 Å². The van der Waals surface area contributed by atoms with Crippen LogP contribution in [0.4, 0.5) is 5.69 Å². The van der Waals surface area contributed by atoms with Crippen LogP contribution in [-0.2, 0) is 11.2 Å². The molecule has 0 saturated carbocycles. The number of hydrogen-bond donors (Lipinski definition) is 2. The molecule has 2 aromatic carbocycles. The van der Waals surface area contributed by atoms with Crippen molar-refractivity contribution in [2.45, 2.75) is 6.42 Å². The second-order valence-electron chi connectivity index (χ2n) is 5.06. The quantitative estimate of drug-likeness (QED) is 0.567. The summed E-state index contributed by atoms with van der Waals surface area (Å²) in [6, 6.07) is 14.5. The van der Waals surface area contributed by atoms with Crippen LogP contribution in [0.5, 0.6) is 0 Å². The predicted molar refractivity (Wildman–Crippen MR) is 85.0 cm³/mol.